The number of primary amides is 1. The van der Waals surface area contributed by atoms with E-state index in [0.29, 0.717) is 18.7 Å². The minimum absolute atomic E-state index is 0.0579. The normalized spacial score (nSPS) is 16.3. The fourth-order valence-corrected chi connectivity index (χ4v) is 5.66. The number of nitrogens with one attached hydrogen (secondary N) is 1. The van der Waals surface area contributed by atoms with Gasteiger partial charge in [0.05, 0.1) is 16.6 Å². The number of thioether (sulfide) groups is 1. The molecule has 1 aliphatic rings. The van der Waals surface area contributed by atoms with Crippen LogP contribution in [0, 0.1) is 12.8 Å². The monoisotopic (exact) mass is 494 g/mol. The maximum atomic E-state index is 12.6. The van der Waals surface area contributed by atoms with Crippen LogP contribution in [0.3, 0.4) is 0 Å². The Morgan fingerprint density at radius 2 is 2.00 bits per heavy atom. The van der Waals surface area contributed by atoms with Crippen LogP contribution in [-0.4, -0.2) is 34.8 Å². The van der Waals surface area contributed by atoms with Crippen molar-refractivity contribution in [3.8, 4) is 0 Å². The smallest absolute Gasteiger partial charge is 0.251 e. The number of hydrogen-bond donors (Lipinski definition) is 2. The van der Waals surface area contributed by atoms with Crippen LogP contribution in [-0.2, 0) is 23.6 Å². The van der Waals surface area contributed by atoms with E-state index in [-0.39, 0.29) is 17.7 Å². The molecule has 1 atom stereocenters. The van der Waals surface area contributed by atoms with Gasteiger partial charge in [0.15, 0.2) is 0 Å². The summed E-state index contributed by atoms with van der Waals surface area (Å²) in [6.07, 6.45) is 1.87. The molecule has 1 aliphatic heterocycles. The van der Waals surface area contributed by atoms with Gasteiger partial charge in [-0.05, 0) is 61.7 Å². The van der Waals surface area contributed by atoms with E-state index in [1.807, 2.05) is 43.3 Å². The molecule has 6 nitrogen and oxygen atoms in total. The second-order valence-corrected chi connectivity index (χ2v) is 10.8. The lowest BCUT2D eigenvalue weighted by Gasteiger charge is -2.31. The Kier molecular flexibility index (Phi) is 8.37. The lowest BCUT2D eigenvalue weighted by molar-refractivity contribution is -0.123. The molecule has 0 aliphatic carbocycles. The van der Waals surface area contributed by atoms with Crippen LogP contribution in [0.25, 0.3) is 0 Å². The Morgan fingerprint density at radius 1 is 1.21 bits per heavy atom. The SMILES string of the molecule is Cc1nc(CSc2ccc(C(=O)NCc3cccc(CN4CCCC(C(N)=O)C4)c3)cc2)cs1. The van der Waals surface area contributed by atoms with E-state index in [1.54, 1.807) is 23.1 Å². The fourth-order valence-electron chi connectivity index (χ4n) is 4.15. The molecule has 178 valence electrons. The van der Waals surface area contributed by atoms with Crippen LogP contribution in [0.1, 0.15) is 45.0 Å². The van der Waals surface area contributed by atoms with Crippen LogP contribution in [0.2, 0.25) is 0 Å². The number of thiazole rings is 1. The number of aromatic nitrogens is 1. The van der Waals surface area contributed by atoms with Crippen molar-refractivity contribution in [3.63, 3.8) is 0 Å². The van der Waals surface area contributed by atoms with Gasteiger partial charge in [-0.1, -0.05) is 24.3 Å². The Morgan fingerprint density at radius 3 is 2.74 bits per heavy atom. The average molecular weight is 495 g/mol. The van der Waals surface area contributed by atoms with Gasteiger partial charge in [0.25, 0.3) is 5.91 Å². The predicted octanol–water partition coefficient (Wildman–Crippen LogP) is 4.37. The van der Waals surface area contributed by atoms with Crippen LogP contribution < -0.4 is 11.1 Å². The van der Waals surface area contributed by atoms with Gasteiger partial charge in [-0.2, -0.15) is 0 Å². The number of benzene rings is 2. The molecule has 1 aromatic heterocycles. The second-order valence-electron chi connectivity index (χ2n) is 8.65. The first kappa shape index (κ1) is 24.4. The summed E-state index contributed by atoms with van der Waals surface area (Å²) >= 11 is 3.38. The highest BCUT2D eigenvalue weighted by Crippen LogP contribution is 2.24. The topological polar surface area (TPSA) is 88.3 Å². The molecule has 2 aromatic carbocycles. The molecule has 0 bridgehead atoms. The molecule has 2 amide bonds. The third kappa shape index (κ3) is 6.91. The summed E-state index contributed by atoms with van der Waals surface area (Å²) in [7, 11) is 0. The number of carbonyl (C=O) groups is 2. The third-order valence-corrected chi connectivity index (χ3v) is 7.80. The van der Waals surface area contributed by atoms with E-state index in [0.717, 1.165) is 52.8 Å². The number of amides is 2. The van der Waals surface area contributed by atoms with E-state index in [2.05, 4.69) is 32.7 Å². The van der Waals surface area contributed by atoms with E-state index < -0.39 is 0 Å². The standard InChI is InChI=1S/C26H30N4O2S2/c1-18-29-23(16-33-18)17-34-24-9-7-21(8-10-24)26(32)28-13-19-4-2-5-20(12-19)14-30-11-3-6-22(15-30)25(27)31/h2,4-5,7-10,12,16,22H,3,6,11,13-15,17H2,1H3,(H2,27,31)(H,28,32). The zero-order valence-corrected chi connectivity index (χ0v) is 21.0. The first-order valence-corrected chi connectivity index (χ1v) is 13.3. The average Bonchev–Trinajstić information content (AvgIpc) is 3.27. The highest BCUT2D eigenvalue weighted by atomic mass is 32.2. The molecule has 0 saturated carbocycles. The van der Waals surface area contributed by atoms with Gasteiger partial charge in [0.2, 0.25) is 5.91 Å². The summed E-state index contributed by atoms with van der Waals surface area (Å²) in [5, 5.41) is 6.19. The van der Waals surface area contributed by atoms with Gasteiger partial charge in [-0.25, -0.2) is 4.98 Å². The number of likely N-dealkylation sites (tertiary alicyclic amines) is 1. The summed E-state index contributed by atoms with van der Waals surface area (Å²) in [6, 6.07) is 15.9. The highest BCUT2D eigenvalue weighted by Gasteiger charge is 2.23. The molecule has 3 N–H and O–H groups in total. The quantitative estimate of drug-likeness (QED) is 0.431. The highest BCUT2D eigenvalue weighted by molar-refractivity contribution is 7.98. The van der Waals surface area contributed by atoms with Crippen LogP contribution in [0.15, 0.2) is 58.8 Å². The van der Waals surface area contributed by atoms with Gasteiger partial charge in [0.1, 0.15) is 0 Å². The Labute approximate surface area is 209 Å². The first-order chi connectivity index (χ1) is 16.5. The summed E-state index contributed by atoms with van der Waals surface area (Å²) < 4.78 is 0. The molecule has 3 aromatic rings. The zero-order chi connectivity index (χ0) is 23.9. The molecule has 34 heavy (non-hydrogen) atoms. The van der Waals surface area contributed by atoms with Crippen LogP contribution >= 0.6 is 23.1 Å². The summed E-state index contributed by atoms with van der Waals surface area (Å²) in [5.41, 5.74) is 9.47. The maximum Gasteiger partial charge on any atom is 0.251 e. The molecular weight excluding hydrogens is 464 g/mol. The minimum atomic E-state index is -0.206. The Balaban J connectivity index is 1.27. The van der Waals surface area contributed by atoms with Crippen molar-refractivity contribution in [2.45, 2.75) is 43.5 Å². The molecule has 2 heterocycles. The minimum Gasteiger partial charge on any atom is -0.369 e. The number of piperidine rings is 1. The van der Waals surface area contributed by atoms with Gasteiger partial charge in [0, 0.05) is 41.2 Å². The molecule has 1 unspecified atom stereocenters. The second kappa shape index (κ2) is 11.6. The summed E-state index contributed by atoms with van der Waals surface area (Å²) in [4.78, 5) is 32.1. The number of rotatable bonds is 9. The van der Waals surface area contributed by atoms with Gasteiger partial charge in [-0.15, -0.1) is 23.1 Å². The zero-order valence-electron chi connectivity index (χ0n) is 19.3. The molecule has 1 saturated heterocycles. The first-order valence-electron chi connectivity index (χ1n) is 11.5. The number of nitrogens with two attached hydrogens (primary N) is 1. The molecule has 0 spiro atoms. The van der Waals surface area contributed by atoms with Crippen molar-refractivity contribution >= 4 is 34.9 Å². The van der Waals surface area contributed by atoms with Gasteiger partial charge in [-0.3, -0.25) is 14.5 Å². The largest absolute Gasteiger partial charge is 0.369 e. The molecule has 8 heteroatoms. The number of nitrogens with zero attached hydrogens (tertiary/aromatic N) is 2. The maximum absolute atomic E-state index is 12.6. The summed E-state index contributed by atoms with van der Waals surface area (Å²) in [5.74, 6) is 0.476. The Bertz CT molecular complexity index is 1130. The number of aryl methyl sites for hydroxylation is 1. The van der Waals surface area contributed by atoms with Crippen molar-refractivity contribution in [3.05, 3.63) is 81.3 Å². The van der Waals surface area contributed by atoms with Crippen molar-refractivity contribution in [2.24, 2.45) is 11.7 Å². The van der Waals surface area contributed by atoms with E-state index in [9.17, 15) is 9.59 Å². The number of carbonyl (C=O) groups excluding carboxylic acids is 2. The van der Waals surface area contributed by atoms with E-state index >= 15 is 0 Å². The molecular formula is C26H30N4O2S2. The predicted molar refractivity (Wildman–Crippen MR) is 138 cm³/mol. The van der Waals surface area contributed by atoms with Crippen molar-refractivity contribution in [1.82, 2.24) is 15.2 Å². The van der Waals surface area contributed by atoms with Gasteiger partial charge >= 0.3 is 0 Å². The Hall–Kier alpha value is -2.68. The van der Waals surface area contributed by atoms with Gasteiger partial charge < -0.3 is 11.1 Å². The third-order valence-electron chi connectivity index (χ3n) is 5.93. The van der Waals surface area contributed by atoms with Crippen molar-refractivity contribution in [1.29, 1.82) is 0 Å². The van der Waals surface area contributed by atoms with Crippen molar-refractivity contribution in [2.75, 3.05) is 13.1 Å². The van der Waals surface area contributed by atoms with E-state index in [1.165, 1.54) is 5.56 Å². The van der Waals surface area contributed by atoms with E-state index in [4.69, 9.17) is 5.73 Å². The molecule has 4 rings (SSSR count). The molecule has 0 radical (unpaired) electrons. The lowest BCUT2D eigenvalue weighted by Crippen LogP contribution is -2.40. The lowest BCUT2D eigenvalue weighted by atomic mass is 9.97. The van der Waals surface area contributed by atoms with Crippen molar-refractivity contribution < 1.29 is 9.59 Å². The molecule has 1 fully saturated rings. The fraction of sp³-hybridized carbons (Fsp3) is 0.346. The van der Waals surface area contributed by atoms with Crippen LogP contribution in [0.4, 0.5) is 0 Å². The van der Waals surface area contributed by atoms with Crippen LogP contribution in [0.5, 0.6) is 0 Å². The number of hydrogen-bond acceptors (Lipinski definition) is 6. The summed E-state index contributed by atoms with van der Waals surface area (Å²) in [6.45, 7) is 4.95.